The third-order valence-corrected chi connectivity index (χ3v) is 7.31. The minimum absolute atomic E-state index is 0.158. The molecular weight excluding hydrogens is 350 g/mol. The molecule has 0 radical (unpaired) electrons. The highest BCUT2D eigenvalue weighted by Crippen LogP contribution is 2.18. The third kappa shape index (κ3) is 4.64. The van der Waals surface area contributed by atoms with E-state index in [0.29, 0.717) is 36.9 Å². The van der Waals surface area contributed by atoms with E-state index in [4.69, 9.17) is 0 Å². The van der Waals surface area contributed by atoms with Crippen LogP contribution in [0.15, 0.2) is 29.2 Å². The van der Waals surface area contributed by atoms with Crippen LogP contribution in [0.4, 0.5) is 0 Å². The largest absolute Gasteiger partial charge is 0.337 e. The van der Waals surface area contributed by atoms with Crippen LogP contribution in [0.25, 0.3) is 0 Å². The van der Waals surface area contributed by atoms with Gasteiger partial charge in [0.2, 0.25) is 15.9 Å². The van der Waals surface area contributed by atoms with Crippen LogP contribution in [0.1, 0.15) is 39.7 Å². The Balaban J connectivity index is 1.98. The smallest absolute Gasteiger partial charge is 0.243 e. The van der Waals surface area contributed by atoms with Gasteiger partial charge in [0.1, 0.15) is 0 Å². The minimum Gasteiger partial charge on any atom is -0.337 e. The first kappa shape index (κ1) is 20.9. The summed E-state index contributed by atoms with van der Waals surface area (Å²) in [5.41, 5.74) is 0.979. The fourth-order valence-corrected chi connectivity index (χ4v) is 4.80. The van der Waals surface area contributed by atoms with Gasteiger partial charge in [0.15, 0.2) is 0 Å². The van der Waals surface area contributed by atoms with Crippen LogP contribution < -0.4 is 5.32 Å². The van der Waals surface area contributed by atoms with Gasteiger partial charge in [0.25, 0.3) is 0 Å². The van der Waals surface area contributed by atoms with Crippen LogP contribution in [-0.2, 0) is 21.2 Å². The number of amides is 1. The molecule has 1 N–H and O–H groups in total. The van der Waals surface area contributed by atoms with Crippen LogP contribution >= 0.6 is 0 Å². The van der Waals surface area contributed by atoms with Crippen LogP contribution in [-0.4, -0.2) is 61.8 Å². The second-order valence-corrected chi connectivity index (χ2v) is 8.74. The fourth-order valence-electron chi connectivity index (χ4n) is 3.34. The summed E-state index contributed by atoms with van der Waals surface area (Å²) in [5, 5.41) is 3.37. The molecule has 2 rings (SSSR count). The normalized spacial score (nSPS) is 21.2. The Labute approximate surface area is 157 Å². The SMILES string of the molecule is CCN(CC)S(=O)(=O)c1ccc(CCC(=O)N2CCNC(C)C2C)cc1. The molecule has 0 spiro atoms. The fraction of sp³-hybridized carbons (Fsp3) is 0.632. The molecule has 0 aromatic heterocycles. The van der Waals surface area contributed by atoms with E-state index in [1.165, 1.54) is 4.31 Å². The number of aryl methyl sites for hydroxylation is 1. The average Bonchev–Trinajstić information content (AvgIpc) is 2.63. The van der Waals surface area contributed by atoms with E-state index >= 15 is 0 Å². The summed E-state index contributed by atoms with van der Waals surface area (Å²) in [6.07, 6.45) is 1.06. The van der Waals surface area contributed by atoms with Crippen molar-refractivity contribution in [2.24, 2.45) is 0 Å². The predicted octanol–water partition coefficient (Wildman–Crippen LogP) is 1.86. The van der Waals surface area contributed by atoms with Gasteiger partial charge in [-0.05, 0) is 38.0 Å². The van der Waals surface area contributed by atoms with Crippen molar-refractivity contribution in [1.29, 1.82) is 0 Å². The first-order valence-corrected chi connectivity index (χ1v) is 10.9. The standard InChI is InChI=1S/C19H31N3O3S/c1-5-21(6-2)26(24,25)18-10-7-17(8-11-18)9-12-19(23)22-14-13-20-15(3)16(22)4/h7-8,10-11,15-16,20H,5-6,9,12-14H2,1-4H3. The van der Waals surface area contributed by atoms with E-state index in [1.54, 1.807) is 12.1 Å². The number of nitrogens with one attached hydrogen (secondary N) is 1. The highest BCUT2D eigenvalue weighted by Gasteiger charge is 2.27. The maximum absolute atomic E-state index is 12.5. The molecule has 6 nitrogen and oxygen atoms in total. The lowest BCUT2D eigenvalue weighted by Gasteiger charge is -2.38. The van der Waals surface area contributed by atoms with Gasteiger partial charge < -0.3 is 10.2 Å². The van der Waals surface area contributed by atoms with Gasteiger partial charge in [-0.1, -0.05) is 26.0 Å². The zero-order chi connectivity index (χ0) is 19.3. The molecule has 1 heterocycles. The molecule has 1 aliphatic rings. The molecule has 1 fully saturated rings. The summed E-state index contributed by atoms with van der Waals surface area (Å²) in [5.74, 6) is 0.158. The first-order chi connectivity index (χ1) is 12.3. The summed E-state index contributed by atoms with van der Waals surface area (Å²) in [6.45, 7) is 10.3. The molecule has 1 saturated heterocycles. The number of hydrogen-bond donors (Lipinski definition) is 1. The number of benzene rings is 1. The summed E-state index contributed by atoms with van der Waals surface area (Å²) >= 11 is 0. The molecule has 7 heteroatoms. The topological polar surface area (TPSA) is 69.7 Å². The van der Waals surface area contributed by atoms with Crippen LogP contribution in [0, 0.1) is 0 Å². The molecule has 0 saturated carbocycles. The van der Waals surface area contributed by atoms with Crippen molar-refractivity contribution in [3.8, 4) is 0 Å². The molecule has 1 aliphatic heterocycles. The zero-order valence-electron chi connectivity index (χ0n) is 16.2. The van der Waals surface area contributed by atoms with Crippen LogP contribution in [0.2, 0.25) is 0 Å². The van der Waals surface area contributed by atoms with Crippen molar-refractivity contribution < 1.29 is 13.2 Å². The van der Waals surface area contributed by atoms with Crippen LogP contribution in [0.5, 0.6) is 0 Å². The Morgan fingerprint density at radius 3 is 2.38 bits per heavy atom. The van der Waals surface area contributed by atoms with Crippen molar-refractivity contribution in [1.82, 2.24) is 14.5 Å². The molecule has 146 valence electrons. The molecular formula is C19H31N3O3S. The molecule has 1 amide bonds. The molecule has 1 aromatic rings. The van der Waals surface area contributed by atoms with E-state index in [1.807, 2.05) is 30.9 Å². The zero-order valence-corrected chi connectivity index (χ0v) is 17.1. The van der Waals surface area contributed by atoms with Gasteiger partial charge in [-0.15, -0.1) is 0 Å². The Kier molecular flexibility index (Phi) is 7.20. The predicted molar refractivity (Wildman–Crippen MR) is 104 cm³/mol. The summed E-state index contributed by atoms with van der Waals surface area (Å²) in [6, 6.07) is 7.41. The Morgan fingerprint density at radius 1 is 1.19 bits per heavy atom. The van der Waals surface area contributed by atoms with E-state index < -0.39 is 10.0 Å². The second-order valence-electron chi connectivity index (χ2n) is 6.80. The first-order valence-electron chi connectivity index (χ1n) is 9.43. The molecule has 2 atom stereocenters. The molecule has 0 aliphatic carbocycles. The lowest BCUT2D eigenvalue weighted by molar-refractivity contribution is -0.134. The highest BCUT2D eigenvalue weighted by molar-refractivity contribution is 7.89. The maximum Gasteiger partial charge on any atom is 0.243 e. The van der Waals surface area contributed by atoms with Gasteiger partial charge in [0.05, 0.1) is 4.90 Å². The monoisotopic (exact) mass is 381 g/mol. The average molecular weight is 382 g/mol. The van der Waals surface area contributed by atoms with E-state index in [9.17, 15) is 13.2 Å². The summed E-state index contributed by atoms with van der Waals surface area (Å²) < 4.78 is 26.5. The minimum atomic E-state index is -3.43. The second kappa shape index (κ2) is 8.97. The van der Waals surface area contributed by atoms with E-state index in [-0.39, 0.29) is 11.9 Å². The van der Waals surface area contributed by atoms with Crippen molar-refractivity contribution in [3.63, 3.8) is 0 Å². The molecule has 0 bridgehead atoms. The number of piperazine rings is 1. The number of rotatable bonds is 7. The molecule has 26 heavy (non-hydrogen) atoms. The van der Waals surface area contributed by atoms with Gasteiger partial charge in [0, 0.05) is 44.7 Å². The van der Waals surface area contributed by atoms with Gasteiger partial charge in [-0.3, -0.25) is 4.79 Å². The van der Waals surface area contributed by atoms with Gasteiger partial charge in [-0.2, -0.15) is 4.31 Å². The van der Waals surface area contributed by atoms with Crippen LogP contribution in [0.3, 0.4) is 0 Å². The Morgan fingerprint density at radius 2 is 1.81 bits per heavy atom. The van der Waals surface area contributed by atoms with E-state index in [0.717, 1.165) is 18.7 Å². The van der Waals surface area contributed by atoms with Gasteiger partial charge in [-0.25, -0.2) is 8.42 Å². The lowest BCUT2D eigenvalue weighted by atomic mass is 10.0. The van der Waals surface area contributed by atoms with Crippen molar-refractivity contribution in [3.05, 3.63) is 29.8 Å². The van der Waals surface area contributed by atoms with E-state index in [2.05, 4.69) is 19.2 Å². The Bertz CT molecular complexity index is 699. The molecule has 1 aromatic carbocycles. The van der Waals surface area contributed by atoms with Crippen molar-refractivity contribution in [2.75, 3.05) is 26.2 Å². The third-order valence-electron chi connectivity index (χ3n) is 5.25. The maximum atomic E-state index is 12.5. The molecule has 2 unspecified atom stereocenters. The number of hydrogen-bond acceptors (Lipinski definition) is 4. The Hall–Kier alpha value is -1.44. The number of nitrogens with zero attached hydrogens (tertiary/aromatic N) is 2. The van der Waals surface area contributed by atoms with Crippen molar-refractivity contribution in [2.45, 2.75) is 57.5 Å². The number of carbonyl (C=O) groups is 1. The quantitative estimate of drug-likeness (QED) is 0.783. The summed E-state index contributed by atoms with van der Waals surface area (Å²) in [7, 11) is -3.43. The highest BCUT2D eigenvalue weighted by atomic mass is 32.2. The van der Waals surface area contributed by atoms with Crippen molar-refractivity contribution >= 4 is 15.9 Å². The number of sulfonamides is 1. The van der Waals surface area contributed by atoms with Gasteiger partial charge >= 0.3 is 0 Å². The summed E-state index contributed by atoms with van der Waals surface area (Å²) in [4.78, 5) is 14.8. The lowest BCUT2D eigenvalue weighted by Crippen LogP contribution is -2.57. The number of carbonyl (C=O) groups excluding carboxylic acids is 1.